The number of rotatable bonds is 3. The Morgan fingerprint density at radius 3 is 2.41 bits per heavy atom. The van der Waals surface area contributed by atoms with E-state index in [-0.39, 0.29) is 0 Å². The molecule has 2 atom stereocenters. The normalized spacial score (nSPS) is 26.0. The average Bonchev–Trinajstić information content (AvgIpc) is 3.12. The van der Waals surface area contributed by atoms with Crippen molar-refractivity contribution in [1.82, 2.24) is 4.90 Å². The van der Waals surface area contributed by atoms with Gasteiger partial charge in [0, 0.05) is 43.3 Å². The molecule has 142 valence electrons. The molecule has 27 heavy (non-hydrogen) atoms. The molecule has 2 unspecified atom stereocenters. The zero-order valence-electron chi connectivity index (χ0n) is 16.6. The van der Waals surface area contributed by atoms with Gasteiger partial charge in [-0.05, 0) is 61.3 Å². The van der Waals surface area contributed by atoms with Crippen LogP contribution in [0.4, 0.5) is 5.69 Å². The van der Waals surface area contributed by atoms with Crippen molar-refractivity contribution in [2.45, 2.75) is 63.5 Å². The second-order valence-electron chi connectivity index (χ2n) is 8.75. The lowest BCUT2D eigenvalue weighted by Gasteiger charge is -2.42. The Kier molecular flexibility index (Phi) is 4.69. The number of aryl methyl sites for hydroxylation is 1. The van der Waals surface area contributed by atoms with Crippen molar-refractivity contribution in [3.63, 3.8) is 0 Å². The van der Waals surface area contributed by atoms with Crippen LogP contribution in [-0.4, -0.2) is 36.6 Å². The minimum atomic E-state index is 0.731. The molecule has 2 aromatic carbocycles. The number of hydrogen-bond donors (Lipinski definition) is 0. The van der Waals surface area contributed by atoms with Crippen molar-refractivity contribution in [1.29, 1.82) is 0 Å². The van der Waals surface area contributed by atoms with Crippen molar-refractivity contribution >= 4 is 5.69 Å². The Hall–Kier alpha value is -1.80. The van der Waals surface area contributed by atoms with Crippen LogP contribution < -0.4 is 4.90 Å². The zero-order chi connectivity index (χ0) is 18.2. The van der Waals surface area contributed by atoms with Crippen molar-refractivity contribution in [2.75, 3.05) is 24.5 Å². The molecule has 0 amide bonds. The van der Waals surface area contributed by atoms with Crippen LogP contribution in [0.3, 0.4) is 0 Å². The second kappa shape index (κ2) is 7.31. The van der Waals surface area contributed by atoms with Gasteiger partial charge in [-0.2, -0.15) is 0 Å². The molecule has 1 fully saturated rings. The molecular weight excluding hydrogens is 328 g/mol. The number of hydrogen-bond acceptors (Lipinski definition) is 2. The summed E-state index contributed by atoms with van der Waals surface area (Å²) in [7, 11) is 0. The maximum absolute atomic E-state index is 2.80. The number of likely N-dealkylation sites (tertiary alicyclic amines) is 1. The van der Waals surface area contributed by atoms with E-state index in [0.29, 0.717) is 0 Å². The Bertz CT molecular complexity index is 790. The number of benzene rings is 2. The predicted molar refractivity (Wildman–Crippen MR) is 114 cm³/mol. The molecule has 0 saturated carbocycles. The molecule has 5 rings (SSSR count). The fraction of sp³-hybridized carbons (Fsp3) is 0.520. The molecule has 0 N–H and O–H groups in total. The summed E-state index contributed by atoms with van der Waals surface area (Å²) in [4.78, 5) is 5.54. The third kappa shape index (κ3) is 3.18. The third-order valence-corrected chi connectivity index (χ3v) is 7.37. The lowest BCUT2D eigenvalue weighted by molar-refractivity contribution is 0.138. The van der Waals surface area contributed by atoms with Crippen LogP contribution in [0, 0.1) is 0 Å². The first-order valence-electron chi connectivity index (χ1n) is 11.0. The summed E-state index contributed by atoms with van der Waals surface area (Å²) in [6.07, 6.45) is 7.76. The minimum absolute atomic E-state index is 0.731. The van der Waals surface area contributed by atoms with Gasteiger partial charge < -0.3 is 4.90 Å². The largest absolute Gasteiger partial charge is 0.368 e. The highest BCUT2D eigenvalue weighted by Crippen LogP contribution is 2.40. The minimum Gasteiger partial charge on any atom is -0.368 e. The first-order valence-corrected chi connectivity index (χ1v) is 11.0. The summed E-state index contributed by atoms with van der Waals surface area (Å²) in [6.45, 7) is 6.12. The van der Waals surface area contributed by atoms with Crippen LogP contribution in [-0.2, 0) is 12.8 Å². The highest BCUT2D eigenvalue weighted by atomic mass is 15.2. The van der Waals surface area contributed by atoms with Crippen LogP contribution in [0.2, 0.25) is 0 Å². The highest BCUT2D eigenvalue weighted by molar-refractivity contribution is 5.61. The Labute approximate surface area is 164 Å². The van der Waals surface area contributed by atoms with Crippen molar-refractivity contribution in [2.24, 2.45) is 0 Å². The van der Waals surface area contributed by atoms with Crippen molar-refractivity contribution < 1.29 is 0 Å². The first kappa shape index (κ1) is 17.3. The Morgan fingerprint density at radius 1 is 0.852 bits per heavy atom. The van der Waals surface area contributed by atoms with E-state index in [2.05, 4.69) is 65.3 Å². The summed E-state index contributed by atoms with van der Waals surface area (Å²) in [5.41, 5.74) is 6.29. The maximum Gasteiger partial charge on any atom is 0.0405 e. The van der Waals surface area contributed by atoms with Gasteiger partial charge in [-0.1, -0.05) is 49.4 Å². The SMILES string of the molecule is CCC1CN(C2CCN(C3CCc4ccccc4C3)CC2)c2ccccc21. The van der Waals surface area contributed by atoms with Gasteiger partial charge in [0.1, 0.15) is 0 Å². The molecule has 0 spiro atoms. The molecule has 1 aliphatic carbocycles. The van der Waals surface area contributed by atoms with E-state index in [9.17, 15) is 0 Å². The number of para-hydroxylation sites is 1. The van der Waals surface area contributed by atoms with E-state index in [1.807, 2.05) is 0 Å². The molecule has 2 nitrogen and oxygen atoms in total. The molecule has 2 aromatic rings. The topological polar surface area (TPSA) is 6.48 Å². The molecule has 3 aliphatic rings. The average molecular weight is 361 g/mol. The van der Waals surface area contributed by atoms with E-state index in [1.54, 1.807) is 16.7 Å². The number of piperidine rings is 1. The van der Waals surface area contributed by atoms with Crippen molar-refractivity contribution in [3.05, 3.63) is 65.2 Å². The molecule has 0 radical (unpaired) electrons. The van der Waals surface area contributed by atoms with E-state index >= 15 is 0 Å². The monoisotopic (exact) mass is 360 g/mol. The lowest BCUT2D eigenvalue weighted by Crippen LogP contribution is -2.49. The summed E-state index contributed by atoms with van der Waals surface area (Å²) in [6, 6.07) is 19.7. The lowest BCUT2D eigenvalue weighted by atomic mass is 9.86. The third-order valence-electron chi connectivity index (χ3n) is 7.37. The number of nitrogens with zero attached hydrogens (tertiary/aromatic N) is 2. The van der Waals surface area contributed by atoms with Crippen LogP contribution >= 0.6 is 0 Å². The molecule has 0 bridgehead atoms. The summed E-state index contributed by atoms with van der Waals surface area (Å²) >= 11 is 0. The second-order valence-corrected chi connectivity index (χ2v) is 8.75. The van der Waals surface area contributed by atoms with Crippen LogP contribution in [0.25, 0.3) is 0 Å². The van der Waals surface area contributed by atoms with E-state index in [1.165, 1.54) is 63.8 Å². The standard InChI is InChI=1S/C25H32N2/c1-2-19-18-27(25-10-6-5-9-24(19)25)22-13-15-26(16-14-22)23-12-11-20-7-3-4-8-21(20)17-23/h3-10,19,22-23H,2,11-18H2,1H3. The number of fused-ring (bicyclic) bond motifs is 2. The van der Waals surface area contributed by atoms with E-state index in [0.717, 1.165) is 18.0 Å². The summed E-state index contributed by atoms with van der Waals surface area (Å²) in [5.74, 6) is 0.731. The molecule has 2 heterocycles. The molecule has 0 aromatic heterocycles. The summed E-state index contributed by atoms with van der Waals surface area (Å²) < 4.78 is 0. The smallest absolute Gasteiger partial charge is 0.0405 e. The van der Waals surface area contributed by atoms with Crippen LogP contribution in [0.15, 0.2) is 48.5 Å². The first-order chi connectivity index (χ1) is 13.3. The van der Waals surface area contributed by atoms with Gasteiger partial charge in [0.2, 0.25) is 0 Å². The predicted octanol–water partition coefficient (Wildman–Crippen LogP) is 5.02. The summed E-state index contributed by atoms with van der Waals surface area (Å²) in [5, 5.41) is 0. The highest BCUT2D eigenvalue weighted by Gasteiger charge is 2.35. The molecule has 2 heteroatoms. The molecular formula is C25H32N2. The fourth-order valence-corrected chi connectivity index (χ4v) is 5.78. The zero-order valence-corrected chi connectivity index (χ0v) is 16.6. The van der Waals surface area contributed by atoms with Gasteiger partial charge in [0.25, 0.3) is 0 Å². The Balaban J connectivity index is 1.24. The quantitative estimate of drug-likeness (QED) is 0.758. The van der Waals surface area contributed by atoms with Gasteiger partial charge in [0.05, 0.1) is 0 Å². The van der Waals surface area contributed by atoms with E-state index in [4.69, 9.17) is 0 Å². The van der Waals surface area contributed by atoms with Gasteiger partial charge in [0.15, 0.2) is 0 Å². The molecule has 2 aliphatic heterocycles. The van der Waals surface area contributed by atoms with Gasteiger partial charge in [-0.25, -0.2) is 0 Å². The van der Waals surface area contributed by atoms with Crippen molar-refractivity contribution in [3.8, 4) is 0 Å². The number of anilines is 1. The molecule has 1 saturated heterocycles. The van der Waals surface area contributed by atoms with Crippen LogP contribution in [0.5, 0.6) is 0 Å². The fourth-order valence-electron chi connectivity index (χ4n) is 5.78. The Morgan fingerprint density at radius 2 is 1.59 bits per heavy atom. The van der Waals surface area contributed by atoms with Gasteiger partial charge >= 0.3 is 0 Å². The van der Waals surface area contributed by atoms with E-state index < -0.39 is 0 Å². The maximum atomic E-state index is 2.80. The van der Waals surface area contributed by atoms with Crippen LogP contribution in [0.1, 0.15) is 55.2 Å². The van der Waals surface area contributed by atoms with Gasteiger partial charge in [-0.3, -0.25) is 4.90 Å². The van der Waals surface area contributed by atoms with Gasteiger partial charge in [-0.15, -0.1) is 0 Å².